The molecule has 27 heavy (non-hydrogen) atoms. The van der Waals surface area contributed by atoms with Gasteiger partial charge < -0.3 is 15.2 Å². The highest BCUT2D eigenvalue weighted by molar-refractivity contribution is 6.30. The van der Waals surface area contributed by atoms with E-state index in [1.54, 1.807) is 7.05 Å². The molecule has 2 N–H and O–H groups in total. The highest BCUT2D eigenvalue weighted by atomic mass is 35.5. The zero-order valence-electron chi connectivity index (χ0n) is 16.3. The lowest BCUT2D eigenvalue weighted by molar-refractivity contribution is 0.368. The number of aryl methyl sites for hydroxylation is 1. The average molecular weight is 390 g/mol. The van der Waals surface area contributed by atoms with Crippen LogP contribution in [0, 0.1) is 0 Å². The van der Waals surface area contributed by atoms with Gasteiger partial charge >= 0.3 is 0 Å². The van der Waals surface area contributed by atoms with Crippen molar-refractivity contribution < 1.29 is 4.52 Å². The van der Waals surface area contributed by atoms with Crippen molar-refractivity contribution in [3.63, 3.8) is 0 Å². The summed E-state index contributed by atoms with van der Waals surface area (Å²) in [6.07, 6.45) is 4.01. The summed E-state index contributed by atoms with van der Waals surface area (Å²) in [6.45, 7) is 5.77. The summed E-state index contributed by atoms with van der Waals surface area (Å²) < 4.78 is 5.27. The lowest BCUT2D eigenvalue weighted by Gasteiger charge is -2.19. The molecule has 146 valence electrons. The molecule has 1 heterocycles. The number of halogens is 1. The van der Waals surface area contributed by atoms with Crippen molar-refractivity contribution in [3.05, 3.63) is 46.6 Å². The zero-order chi connectivity index (χ0) is 19.3. The van der Waals surface area contributed by atoms with Gasteiger partial charge in [-0.3, -0.25) is 4.99 Å². The molecule has 1 fully saturated rings. The van der Waals surface area contributed by atoms with Crippen LogP contribution in [0.5, 0.6) is 0 Å². The van der Waals surface area contributed by atoms with Crippen molar-refractivity contribution in [2.45, 2.75) is 50.9 Å². The largest absolute Gasteiger partial charge is 0.356 e. The van der Waals surface area contributed by atoms with Gasteiger partial charge in [-0.1, -0.05) is 42.7 Å². The number of aromatic nitrogens is 2. The molecule has 2 aromatic rings. The molecule has 1 aromatic heterocycles. The van der Waals surface area contributed by atoms with E-state index in [2.05, 4.69) is 51.7 Å². The Kier molecular flexibility index (Phi) is 6.37. The average Bonchev–Trinajstić information content (AvgIpc) is 3.30. The molecule has 0 radical (unpaired) electrons. The highest BCUT2D eigenvalue weighted by Crippen LogP contribution is 2.48. The fourth-order valence-corrected chi connectivity index (χ4v) is 3.25. The van der Waals surface area contributed by atoms with E-state index in [0.29, 0.717) is 5.89 Å². The molecule has 6 nitrogen and oxygen atoms in total. The number of hydrogen-bond acceptors (Lipinski definition) is 4. The first-order valence-electron chi connectivity index (χ1n) is 9.55. The van der Waals surface area contributed by atoms with Gasteiger partial charge in [-0.15, -0.1) is 0 Å². The van der Waals surface area contributed by atoms with E-state index in [-0.39, 0.29) is 11.3 Å². The van der Waals surface area contributed by atoms with E-state index in [9.17, 15) is 0 Å². The third-order valence-corrected chi connectivity index (χ3v) is 5.20. The second kappa shape index (κ2) is 8.74. The monoisotopic (exact) mass is 389 g/mol. The molecule has 3 rings (SSSR count). The van der Waals surface area contributed by atoms with Gasteiger partial charge in [0.25, 0.3) is 0 Å². The van der Waals surface area contributed by atoms with Crippen molar-refractivity contribution in [1.29, 1.82) is 0 Å². The molecule has 7 heteroatoms. The number of rotatable bonds is 8. The van der Waals surface area contributed by atoms with Crippen molar-refractivity contribution in [2.24, 2.45) is 4.99 Å². The first-order valence-corrected chi connectivity index (χ1v) is 9.93. The molecule has 1 aromatic carbocycles. The second-order valence-electron chi connectivity index (χ2n) is 7.45. The Morgan fingerprint density at radius 2 is 2.15 bits per heavy atom. The van der Waals surface area contributed by atoms with Crippen LogP contribution in [0.1, 0.15) is 56.3 Å². The summed E-state index contributed by atoms with van der Waals surface area (Å²) in [5.74, 6) is 2.57. The summed E-state index contributed by atoms with van der Waals surface area (Å²) in [6, 6.07) is 8.17. The van der Waals surface area contributed by atoms with Gasteiger partial charge in [0, 0.05) is 42.9 Å². The Labute approximate surface area is 165 Å². The number of benzene rings is 1. The summed E-state index contributed by atoms with van der Waals surface area (Å²) in [5, 5.41) is 11.6. The summed E-state index contributed by atoms with van der Waals surface area (Å²) in [4.78, 5) is 8.72. The highest BCUT2D eigenvalue weighted by Gasteiger charge is 2.44. The fraction of sp³-hybridized carbons (Fsp3) is 0.550. The van der Waals surface area contributed by atoms with E-state index >= 15 is 0 Å². The van der Waals surface area contributed by atoms with Crippen molar-refractivity contribution >= 4 is 17.6 Å². The molecular weight excluding hydrogens is 362 g/mol. The second-order valence-corrected chi connectivity index (χ2v) is 7.88. The van der Waals surface area contributed by atoms with E-state index < -0.39 is 0 Å². The van der Waals surface area contributed by atoms with Crippen LogP contribution in [0.25, 0.3) is 0 Å². The van der Waals surface area contributed by atoms with Gasteiger partial charge in [-0.2, -0.15) is 4.98 Å². The first kappa shape index (κ1) is 19.7. The molecule has 1 aliphatic carbocycles. The Morgan fingerprint density at radius 3 is 2.78 bits per heavy atom. The minimum atomic E-state index is 0.180. The third kappa shape index (κ3) is 5.22. The summed E-state index contributed by atoms with van der Waals surface area (Å²) >= 11 is 6.15. The summed E-state index contributed by atoms with van der Waals surface area (Å²) in [7, 11) is 1.79. The smallest absolute Gasteiger partial charge is 0.226 e. The van der Waals surface area contributed by atoms with Crippen LogP contribution in [0.15, 0.2) is 33.8 Å². The van der Waals surface area contributed by atoms with Gasteiger partial charge in [-0.25, -0.2) is 0 Å². The predicted octanol–water partition coefficient (Wildman–Crippen LogP) is 3.68. The fourth-order valence-electron chi connectivity index (χ4n) is 3.06. The molecule has 0 amide bonds. The lowest BCUT2D eigenvalue weighted by atomic mass is 9.96. The molecule has 0 saturated heterocycles. The molecule has 1 saturated carbocycles. The van der Waals surface area contributed by atoms with Crippen molar-refractivity contribution in [1.82, 2.24) is 20.8 Å². The maximum absolute atomic E-state index is 6.15. The zero-order valence-corrected chi connectivity index (χ0v) is 17.0. The first-order chi connectivity index (χ1) is 13.0. The van der Waals surface area contributed by atoms with E-state index in [1.165, 1.54) is 18.4 Å². The minimum Gasteiger partial charge on any atom is -0.356 e. The maximum Gasteiger partial charge on any atom is 0.226 e. The number of nitrogens with zero attached hydrogens (tertiary/aromatic N) is 3. The Balaban J connectivity index is 1.42. The Hall–Kier alpha value is -2.08. The van der Waals surface area contributed by atoms with Crippen LogP contribution in [0.2, 0.25) is 5.02 Å². The van der Waals surface area contributed by atoms with Crippen LogP contribution in [0.3, 0.4) is 0 Å². The van der Waals surface area contributed by atoms with Crippen LogP contribution < -0.4 is 10.6 Å². The van der Waals surface area contributed by atoms with Crippen LogP contribution >= 0.6 is 11.6 Å². The lowest BCUT2D eigenvalue weighted by Crippen LogP contribution is -2.41. The molecule has 1 aliphatic rings. The van der Waals surface area contributed by atoms with Crippen LogP contribution in [0.4, 0.5) is 0 Å². The number of aliphatic imine (C=N–C) groups is 1. The topological polar surface area (TPSA) is 75.3 Å². The third-order valence-electron chi connectivity index (χ3n) is 4.97. The molecule has 0 unspecified atom stereocenters. The normalized spacial score (nSPS) is 15.8. The van der Waals surface area contributed by atoms with Crippen molar-refractivity contribution in [2.75, 3.05) is 20.1 Å². The molecule has 0 bridgehead atoms. The van der Waals surface area contributed by atoms with Crippen LogP contribution in [-0.2, 0) is 11.8 Å². The number of hydrogen-bond donors (Lipinski definition) is 2. The summed E-state index contributed by atoms with van der Waals surface area (Å²) in [5.41, 5.74) is 1.48. The molecule has 0 atom stereocenters. The van der Waals surface area contributed by atoms with E-state index in [0.717, 1.165) is 42.7 Å². The van der Waals surface area contributed by atoms with Gasteiger partial charge in [0.15, 0.2) is 11.8 Å². The maximum atomic E-state index is 6.15. The van der Waals surface area contributed by atoms with Gasteiger partial charge in [0.1, 0.15) is 0 Å². The SMILES string of the molecule is CN=C(NCCCc1nc(C(C)C)no1)NCC1(c2cccc(Cl)c2)CC1. The van der Waals surface area contributed by atoms with Crippen LogP contribution in [-0.4, -0.2) is 36.2 Å². The van der Waals surface area contributed by atoms with Gasteiger partial charge in [0.2, 0.25) is 5.89 Å². The predicted molar refractivity (Wildman–Crippen MR) is 108 cm³/mol. The van der Waals surface area contributed by atoms with E-state index in [4.69, 9.17) is 16.1 Å². The molecule has 0 spiro atoms. The Morgan fingerprint density at radius 1 is 1.33 bits per heavy atom. The molecule has 0 aliphatic heterocycles. The molecular formula is C20H28ClN5O. The number of guanidine groups is 1. The standard InChI is InChI=1S/C20H28ClN5O/c1-14(2)18-25-17(27-26-18)8-5-11-23-19(22-3)24-13-20(9-10-20)15-6-4-7-16(21)12-15/h4,6-7,12,14H,5,8-11,13H2,1-3H3,(H2,22,23,24). The number of nitrogens with one attached hydrogen (secondary N) is 2. The van der Waals surface area contributed by atoms with Gasteiger partial charge in [-0.05, 0) is 37.0 Å². The van der Waals surface area contributed by atoms with E-state index in [1.807, 2.05) is 12.1 Å². The Bertz CT molecular complexity index is 782. The van der Waals surface area contributed by atoms with Gasteiger partial charge in [0.05, 0.1) is 0 Å². The van der Waals surface area contributed by atoms with Crippen molar-refractivity contribution in [3.8, 4) is 0 Å². The minimum absolute atomic E-state index is 0.180. The quantitative estimate of drug-likeness (QED) is 0.409.